The number of sulfonamides is 1. The molecule has 0 radical (unpaired) electrons. The summed E-state index contributed by atoms with van der Waals surface area (Å²) in [7, 11) is -3.57. The van der Waals surface area contributed by atoms with E-state index in [-0.39, 0.29) is 11.9 Å². The van der Waals surface area contributed by atoms with Crippen LogP contribution in [-0.4, -0.2) is 26.9 Å². The predicted molar refractivity (Wildman–Crippen MR) is 115 cm³/mol. The molecule has 29 heavy (non-hydrogen) atoms. The van der Waals surface area contributed by atoms with Gasteiger partial charge in [0.25, 0.3) is 10.0 Å². The number of fused-ring (bicyclic) bond motifs is 1. The van der Waals surface area contributed by atoms with E-state index in [4.69, 9.17) is 0 Å². The van der Waals surface area contributed by atoms with E-state index < -0.39 is 10.0 Å². The SMILES string of the molecule is C[C@@H]1Cc2ccccc2N1C(=O)CCCN1c2cccc3cccc(c23)S1(=O)=O. The number of carbonyl (C=O) groups is 1. The van der Waals surface area contributed by atoms with Crippen LogP contribution in [0.1, 0.15) is 25.3 Å². The Kier molecular flexibility index (Phi) is 4.13. The first-order valence-corrected chi connectivity index (χ1v) is 11.4. The second-order valence-corrected chi connectivity index (χ2v) is 9.59. The third-order valence-corrected chi connectivity index (χ3v) is 7.76. The summed E-state index contributed by atoms with van der Waals surface area (Å²) >= 11 is 0. The number of carbonyl (C=O) groups excluding carboxylic acids is 1. The number of hydrogen-bond donors (Lipinski definition) is 0. The molecule has 148 valence electrons. The van der Waals surface area contributed by atoms with Gasteiger partial charge in [0.2, 0.25) is 5.91 Å². The maximum atomic E-state index is 13.0. The third kappa shape index (κ3) is 2.74. The Morgan fingerprint density at radius 2 is 1.72 bits per heavy atom. The molecule has 2 aliphatic rings. The minimum Gasteiger partial charge on any atom is -0.309 e. The van der Waals surface area contributed by atoms with Gasteiger partial charge in [-0.05, 0) is 48.9 Å². The average Bonchev–Trinajstić information content (AvgIpc) is 3.15. The lowest BCUT2D eigenvalue weighted by molar-refractivity contribution is -0.118. The Bertz CT molecular complexity index is 1230. The van der Waals surface area contributed by atoms with Gasteiger partial charge in [0, 0.05) is 30.1 Å². The molecule has 0 saturated carbocycles. The van der Waals surface area contributed by atoms with Crippen LogP contribution in [0.25, 0.3) is 10.8 Å². The highest BCUT2D eigenvalue weighted by Gasteiger charge is 2.35. The topological polar surface area (TPSA) is 57.7 Å². The molecule has 3 aromatic carbocycles. The molecular weight excluding hydrogens is 384 g/mol. The highest BCUT2D eigenvalue weighted by Crippen LogP contribution is 2.42. The summed E-state index contributed by atoms with van der Waals surface area (Å²) in [4.78, 5) is 15.1. The van der Waals surface area contributed by atoms with Crippen molar-refractivity contribution in [1.29, 1.82) is 0 Å². The zero-order chi connectivity index (χ0) is 20.2. The van der Waals surface area contributed by atoms with Gasteiger partial charge < -0.3 is 4.90 Å². The number of benzene rings is 3. The molecule has 5 rings (SSSR count). The molecular formula is C23H22N2O3S. The van der Waals surface area contributed by atoms with Crippen molar-refractivity contribution in [2.45, 2.75) is 37.1 Å². The van der Waals surface area contributed by atoms with Crippen molar-refractivity contribution in [2.75, 3.05) is 15.7 Å². The monoisotopic (exact) mass is 406 g/mol. The first kappa shape index (κ1) is 18.2. The highest BCUT2D eigenvalue weighted by molar-refractivity contribution is 7.93. The number of nitrogens with zero attached hydrogens (tertiary/aromatic N) is 2. The van der Waals surface area contributed by atoms with Crippen LogP contribution in [-0.2, 0) is 21.2 Å². The van der Waals surface area contributed by atoms with Gasteiger partial charge in [-0.3, -0.25) is 9.10 Å². The van der Waals surface area contributed by atoms with E-state index in [2.05, 4.69) is 13.0 Å². The van der Waals surface area contributed by atoms with Crippen molar-refractivity contribution < 1.29 is 13.2 Å². The molecule has 0 aromatic heterocycles. The summed E-state index contributed by atoms with van der Waals surface area (Å²) in [6.45, 7) is 2.35. The van der Waals surface area contributed by atoms with E-state index in [9.17, 15) is 13.2 Å². The van der Waals surface area contributed by atoms with Gasteiger partial charge in [-0.15, -0.1) is 0 Å². The summed E-state index contributed by atoms with van der Waals surface area (Å²) in [6, 6.07) is 19.1. The van der Waals surface area contributed by atoms with Gasteiger partial charge in [0.05, 0.1) is 10.6 Å². The van der Waals surface area contributed by atoms with E-state index >= 15 is 0 Å². The van der Waals surface area contributed by atoms with Gasteiger partial charge >= 0.3 is 0 Å². The summed E-state index contributed by atoms with van der Waals surface area (Å²) in [6.07, 6.45) is 1.66. The fourth-order valence-corrected chi connectivity index (χ4v) is 6.39. The number of para-hydroxylation sites is 1. The lowest BCUT2D eigenvalue weighted by Crippen LogP contribution is -2.36. The summed E-state index contributed by atoms with van der Waals surface area (Å²) in [5.74, 6) is 0.0507. The fraction of sp³-hybridized carbons (Fsp3) is 0.261. The van der Waals surface area contributed by atoms with Gasteiger partial charge in [-0.1, -0.05) is 42.5 Å². The number of amides is 1. The number of anilines is 2. The molecule has 0 saturated heterocycles. The van der Waals surface area contributed by atoms with Crippen molar-refractivity contribution >= 4 is 38.1 Å². The molecule has 1 amide bonds. The molecule has 0 bridgehead atoms. The van der Waals surface area contributed by atoms with Crippen molar-refractivity contribution in [2.24, 2.45) is 0 Å². The van der Waals surface area contributed by atoms with Crippen LogP contribution in [0.2, 0.25) is 0 Å². The lowest BCUT2D eigenvalue weighted by Gasteiger charge is -2.24. The van der Waals surface area contributed by atoms with Gasteiger partial charge in [0.15, 0.2) is 0 Å². The normalized spacial score (nSPS) is 19.0. The third-order valence-electron chi connectivity index (χ3n) is 5.91. The zero-order valence-corrected chi connectivity index (χ0v) is 17.0. The van der Waals surface area contributed by atoms with Crippen molar-refractivity contribution in [1.82, 2.24) is 0 Å². The highest BCUT2D eigenvalue weighted by atomic mass is 32.2. The van der Waals surface area contributed by atoms with E-state index in [1.165, 1.54) is 9.87 Å². The minimum absolute atomic E-state index is 0.0507. The maximum Gasteiger partial charge on any atom is 0.265 e. The number of rotatable bonds is 4. The largest absolute Gasteiger partial charge is 0.309 e. The average molecular weight is 407 g/mol. The fourth-order valence-electron chi connectivity index (χ4n) is 4.64. The van der Waals surface area contributed by atoms with Crippen LogP contribution < -0.4 is 9.21 Å². The first-order valence-electron chi connectivity index (χ1n) is 9.93. The van der Waals surface area contributed by atoms with Crippen LogP contribution in [0.15, 0.2) is 65.6 Å². The van der Waals surface area contributed by atoms with E-state index in [1.54, 1.807) is 12.1 Å². The quantitative estimate of drug-likeness (QED) is 0.655. The molecule has 0 unspecified atom stereocenters. The Hall–Kier alpha value is -2.86. The van der Waals surface area contributed by atoms with Gasteiger partial charge in [0.1, 0.15) is 0 Å². The van der Waals surface area contributed by atoms with Crippen molar-refractivity contribution in [3.8, 4) is 0 Å². The van der Waals surface area contributed by atoms with Crippen LogP contribution >= 0.6 is 0 Å². The predicted octanol–water partition coefficient (Wildman–Crippen LogP) is 4.11. The Morgan fingerprint density at radius 1 is 1.00 bits per heavy atom. The minimum atomic E-state index is -3.57. The standard InChI is InChI=1S/C23H22N2O3S/c1-16-15-18-7-2-3-10-19(18)25(16)22(26)13-6-14-24-20-11-4-8-17-9-5-12-21(23(17)20)29(24,27)28/h2-5,7-12,16H,6,13-15H2,1H3/t16-/m1/s1. The molecule has 1 atom stereocenters. The van der Waals surface area contributed by atoms with Crippen LogP contribution in [0.3, 0.4) is 0 Å². The summed E-state index contributed by atoms with van der Waals surface area (Å²) in [5, 5.41) is 1.70. The molecule has 6 heteroatoms. The molecule has 5 nitrogen and oxygen atoms in total. The summed E-state index contributed by atoms with van der Waals surface area (Å²) < 4.78 is 27.5. The smallest absolute Gasteiger partial charge is 0.265 e. The maximum absolute atomic E-state index is 13.0. The van der Waals surface area contributed by atoms with Crippen LogP contribution in [0.5, 0.6) is 0 Å². The molecule has 3 aromatic rings. The first-order chi connectivity index (χ1) is 14.0. The molecule has 0 spiro atoms. The summed E-state index contributed by atoms with van der Waals surface area (Å²) in [5.41, 5.74) is 2.89. The second kappa shape index (κ2) is 6.59. The lowest BCUT2D eigenvalue weighted by atomic mass is 10.1. The van der Waals surface area contributed by atoms with Crippen LogP contribution in [0.4, 0.5) is 11.4 Å². The van der Waals surface area contributed by atoms with Crippen molar-refractivity contribution in [3.05, 3.63) is 66.2 Å². The zero-order valence-electron chi connectivity index (χ0n) is 16.2. The molecule has 2 aliphatic heterocycles. The van der Waals surface area contributed by atoms with Crippen molar-refractivity contribution in [3.63, 3.8) is 0 Å². The molecule has 2 heterocycles. The molecule has 0 N–H and O–H groups in total. The number of hydrogen-bond acceptors (Lipinski definition) is 3. The Balaban J connectivity index is 1.34. The second-order valence-electron chi connectivity index (χ2n) is 7.76. The molecule has 0 aliphatic carbocycles. The van der Waals surface area contributed by atoms with E-state index in [0.717, 1.165) is 22.9 Å². The Labute approximate surface area is 170 Å². The van der Waals surface area contributed by atoms with Crippen LogP contribution in [0, 0.1) is 0 Å². The van der Waals surface area contributed by atoms with E-state index in [1.807, 2.05) is 47.4 Å². The van der Waals surface area contributed by atoms with Gasteiger partial charge in [-0.2, -0.15) is 0 Å². The van der Waals surface area contributed by atoms with E-state index in [0.29, 0.717) is 30.0 Å². The molecule has 0 fully saturated rings. The van der Waals surface area contributed by atoms with Gasteiger partial charge in [-0.25, -0.2) is 8.42 Å². The Morgan fingerprint density at radius 3 is 2.55 bits per heavy atom.